The lowest BCUT2D eigenvalue weighted by molar-refractivity contribution is 0.102. The van der Waals surface area contributed by atoms with E-state index in [4.69, 9.17) is 5.11 Å². The van der Waals surface area contributed by atoms with Crippen LogP contribution in [0.15, 0.2) is 36.7 Å². The zero-order valence-electron chi connectivity index (χ0n) is 9.64. The van der Waals surface area contributed by atoms with Gasteiger partial charge in [0.2, 0.25) is 0 Å². The second-order valence-electron chi connectivity index (χ2n) is 3.87. The summed E-state index contributed by atoms with van der Waals surface area (Å²) in [5.74, 6) is -1.57. The molecule has 5 heteroatoms. The number of hydrogen-bond acceptors (Lipinski definition) is 3. The molecule has 0 fully saturated rings. The van der Waals surface area contributed by atoms with Gasteiger partial charge in [-0.25, -0.2) is 4.39 Å². The molecule has 1 heterocycles. The number of carbonyl (C=O) groups excluding carboxylic acids is 1. The summed E-state index contributed by atoms with van der Waals surface area (Å²) in [4.78, 5) is 15.7. The fraction of sp³-hybridized carbons (Fsp3) is 0.0769. The van der Waals surface area contributed by atoms with Crippen molar-refractivity contribution in [1.82, 2.24) is 4.98 Å². The number of hydrogen-bond donors (Lipinski definition) is 2. The smallest absolute Gasteiger partial charge is 0.258 e. The van der Waals surface area contributed by atoms with E-state index >= 15 is 0 Å². The lowest BCUT2D eigenvalue weighted by Crippen LogP contribution is -2.13. The molecule has 0 saturated carbocycles. The maximum absolute atomic E-state index is 13.4. The molecule has 1 amide bonds. The summed E-state index contributed by atoms with van der Waals surface area (Å²) in [7, 11) is 0. The monoisotopic (exact) mass is 246 g/mol. The van der Waals surface area contributed by atoms with Crippen LogP contribution < -0.4 is 5.32 Å². The summed E-state index contributed by atoms with van der Waals surface area (Å²) in [6.07, 6.45) is 3.13. The van der Waals surface area contributed by atoms with Crippen molar-refractivity contribution in [3.05, 3.63) is 53.6 Å². The first-order chi connectivity index (χ1) is 8.56. The van der Waals surface area contributed by atoms with E-state index in [1.165, 1.54) is 18.3 Å². The molecule has 18 heavy (non-hydrogen) atoms. The molecule has 0 aliphatic rings. The third-order valence-electron chi connectivity index (χ3n) is 2.33. The van der Waals surface area contributed by atoms with Gasteiger partial charge in [-0.1, -0.05) is 0 Å². The predicted octanol–water partition coefficient (Wildman–Crippen LogP) is 2.49. The SMILES string of the molecule is Cc1cncc(NC(=O)c2ccc(O)cc2F)c1. The van der Waals surface area contributed by atoms with E-state index < -0.39 is 11.7 Å². The second kappa shape index (κ2) is 4.83. The molecule has 92 valence electrons. The molecule has 2 N–H and O–H groups in total. The summed E-state index contributed by atoms with van der Waals surface area (Å²) in [6.45, 7) is 1.84. The minimum Gasteiger partial charge on any atom is -0.508 e. The predicted molar refractivity (Wildman–Crippen MR) is 65.0 cm³/mol. The number of amides is 1. The highest BCUT2D eigenvalue weighted by Crippen LogP contribution is 2.16. The van der Waals surface area contributed by atoms with E-state index in [9.17, 15) is 9.18 Å². The topological polar surface area (TPSA) is 62.2 Å². The fourth-order valence-electron chi connectivity index (χ4n) is 1.51. The third-order valence-corrected chi connectivity index (χ3v) is 2.33. The van der Waals surface area contributed by atoms with Crippen molar-refractivity contribution in [2.45, 2.75) is 6.92 Å². The van der Waals surface area contributed by atoms with Crippen LogP contribution in [-0.2, 0) is 0 Å². The minimum atomic E-state index is -0.770. The normalized spacial score (nSPS) is 10.1. The van der Waals surface area contributed by atoms with Crippen LogP contribution in [0.25, 0.3) is 0 Å². The first-order valence-electron chi connectivity index (χ1n) is 5.28. The van der Waals surface area contributed by atoms with E-state index in [1.54, 1.807) is 12.3 Å². The van der Waals surface area contributed by atoms with Crippen LogP contribution in [0.1, 0.15) is 15.9 Å². The summed E-state index contributed by atoms with van der Waals surface area (Å²) >= 11 is 0. The van der Waals surface area contributed by atoms with Crippen molar-refractivity contribution in [2.75, 3.05) is 5.32 Å². The summed E-state index contributed by atoms with van der Waals surface area (Å²) in [5, 5.41) is 11.6. The average molecular weight is 246 g/mol. The van der Waals surface area contributed by atoms with E-state index in [2.05, 4.69) is 10.3 Å². The van der Waals surface area contributed by atoms with E-state index in [0.29, 0.717) is 5.69 Å². The van der Waals surface area contributed by atoms with Gasteiger partial charge in [0, 0.05) is 12.3 Å². The van der Waals surface area contributed by atoms with Crippen molar-refractivity contribution in [3.63, 3.8) is 0 Å². The van der Waals surface area contributed by atoms with Gasteiger partial charge in [0.1, 0.15) is 11.6 Å². The molecule has 0 atom stereocenters. The molecule has 0 spiro atoms. The molecule has 4 nitrogen and oxygen atoms in total. The Morgan fingerprint density at radius 2 is 2.11 bits per heavy atom. The Labute approximate surface area is 103 Å². The highest BCUT2D eigenvalue weighted by molar-refractivity contribution is 6.04. The molecule has 2 rings (SSSR count). The fourth-order valence-corrected chi connectivity index (χ4v) is 1.51. The van der Waals surface area contributed by atoms with Gasteiger partial charge in [-0.2, -0.15) is 0 Å². The molecule has 0 unspecified atom stereocenters. The molecule has 1 aromatic heterocycles. The van der Waals surface area contributed by atoms with Crippen LogP contribution in [-0.4, -0.2) is 16.0 Å². The Balaban J connectivity index is 2.22. The standard InChI is InChI=1S/C13H11FN2O2/c1-8-4-9(7-15-6-8)16-13(18)11-3-2-10(17)5-12(11)14/h2-7,17H,1H3,(H,16,18). The number of aromatic nitrogens is 1. The zero-order chi connectivity index (χ0) is 13.1. The Kier molecular flexibility index (Phi) is 3.23. The summed E-state index contributed by atoms with van der Waals surface area (Å²) in [5.41, 5.74) is 1.25. The molecule has 0 aliphatic heterocycles. The third kappa shape index (κ3) is 2.63. The largest absolute Gasteiger partial charge is 0.508 e. The molecule has 0 saturated heterocycles. The zero-order valence-corrected chi connectivity index (χ0v) is 9.64. The summed E-state index contributed by atoms with van der Waals surface area (Å²) < 4.78 is 13.4. The number of carbonyl (C=O) groups is 1. The average Bonchev–Trinajstić information content (AvgIpc) is 2.28. The Bertz CT molecular complexity index is 599. The van der Waals surface area contributed by atoms with Crippen molar-refractivity contribution in [3.8, 4) is 5.75 Å². The van der Waals surface area contributed by atoms with Gasteiger partial charge in [-0.05, 0) is 30.7 Å². The van der Waals surface area contributed by atoms with Crippen molar-refractivity contribution in [1.29, 1.82) is 0 Å². The highest BCUT2D eigenvalue weighted by atomic mass is 19.1. The number of aryl methyl sites for hydroxylation is 1. The Hall–Kier alpha value is -2.43. The maximum Gasteiger partial charge on any atom is 0.258 e. The Morgan fingerprint density at radius 1 is 1.33 bits per heavy atom. The van der Waals surface area contributed by atoms with Gasteiger partial charge in [0.25, 0.3) is 5.91 Å². The molecule has 0 aliphatic carbocycles. The molecular formula is C13H11FN2O2. The van der Waals surface area contributed by atoms with Crippen molar-refractivity contribution >= 4 is 11.6 Å². The molecule has 0 bridgehead atoms. The maximum atomic E-state index is 13.4. The van der Waals surface area contributed by atoms with Crippen molar-refractivity contribution in [2.24, 2.45) is 0 Å². The molecule has 1 aromatic carbocycles. The number of nitrogens with one attached hydrogen (secondary N) is 1. The first kappa shape index (κ1) is 12.0. The van der Waals surface area contributed by atoms with E-state index in [-0.39, 0.29) is 11.3 Å². The van der Waals surface area contributed by atoms with Crippen LogP contribution in [0.2, 0.25) is 0 Å². The minimum absolute atomic E-state index is 0.130. The highest BCUT2D eigenvalue weighted by Gasteiger charge is 2.12. The molecule has 2 aromatic rings. The number of anilines is 1. The van der Waals surface area contributed by atoms with Crippen LogP contribution in [0.4, 0.5) is 10.1 Å². The lowest BCUT2D eigenvalue weighted by atomic mass is 10.2. The van der Waals surface area contributed by atoms with Crippen LogP contribution in [0.3, 0.4) is 0 Å². The number of aromatic hydroxyl groups is 1. The van der Waals surface area contributed by atoms with Gasteiger partial charge in [0.15, 0.2) is 0 Å². The lowest BCUT2D eigenvalue weighted by Gasteiger charge is -2.06. The van der Waals surface area contributed by atoms with Crippen molar-refractivity contribution < 1.29 is 14.3 Å². The first-order valence-corrected chi connectivity index (χ1v) is 5.28. The second-order valence-corrected chi connectivity index (χ2v) is 3.87. The Morgan fingerprint density at radius 3 is 2.78 bits per heavy atom. The number of phenolic OH excluding ortho intramolecular Hbond substituents is 1. The quantitative estimate of drug-likeness (QED) is 0.855. The van der Waals surface area contributed by atoms with Crippen LogP contribution >= 0.6 is 0 Å². The number of phenols is 1. The molecule has 0 radical (unpaired) electrons. The van der Waals surface area contributed by atoms with Gasteiger partial charge in [0.05, 0.1) is 17.4 Å². The number of halogens is 1. The summed E-state index contributed by atoms with van der Waals surface area (Å²) in [6, 6.07) is 5.10. The van der Waals surface area contributed by atoms with Gasteiger partial charge < -0.3 is 10.4 Å². The van der Waals surface area contributed by atoms with Crippen LogP contribution in [0.5, 0.6) is 5.75 Å². The van der Waals surface area contributed by atoms with Crippen LogP contribution in [0, 0.1) is 12.7 Å². The molecular weight excluding hydrogens is 235 g/mol. The number of benzene rings is 1. The number of nitrogens with zero attached hydrogens (tertiary/aromatic N) is 1. The van der Waals surface area contributed by atoms with Gasteiger partial charge in [-0.15, -0.1) is 0 Å². The van der Waals surface area contributed by atoms with Gasteiger partial charge in [-0.3, -0.25) is 9.78 Å². The number of rotatable bonds is 2. The number of pyridine rings is 1. The van der Waals surface area contributed by atoms with E-state index in [0.717, 1.165) is 11.6 Å². The van der Waals surface area contributed by atoms with Gasteiger partial charge >= 0.3 is 0 Å². The van der Waals surface area contributed by atoms with E-state index in [1.807, 2.05) is 6.92 Å².